The van der Waals surface area contributed by atoms with Crippen molar-refractivity contribution in [2.75, 3.05) is 5.75 Å². The van der Waals surface area contributed by atoms with Gasteiger partial charge < -0.3 is 4.98 Å². The number of fused-ring (bicyclic) bond motifs is 1. The molecule has 2 aromatic heterocycles. The molecule has 0 amide bonds. The van der Waals surface area contributed by atoms with Crippen molar-refractivity contribution in [1.29, 1.82) is 0 Å². The highest BCUT2D eigenvalue weighted by Gasteiger charge is 2.13. The molecule has 0 bridgehead atoms. The van der Waals surface area contributed by atoms with Crippen molar-refractivity contribution in [3.63, 3.8) is 0 Å². The highest BCUT2D eigenvalue weighted by molar-refractivity contribution is 7.99. The maximum absolute atomic E-state index is 12.2. The number of hydrogen-bond donors (Lipinski definition) is 1. The Balaban J connectivity index is 1.78. The number of Topliss-reactive ketones (excluding diaryl/α,β-unsaturated/α-hetero) is 1. The Kier molecular flexibility index (Phi) is 4.54. The Morgan fingerprint density at radius 1 is 1.32 bits per heavy atom. The number of nitrogens with zero attached hydrogens (tertiary/aromatic N) is 1. The van der Waals surface area contributed by atoms with E-state index < -0.39 is 0 Å². The average Bonchev–Trinajstić information content (AvgIpc) is 2.93. The molecule has 0 saturated carbocycles. The van der Waals surface area contributed by atoms with Crippen LogP contribution in [0.25, 0.3) is 10.2 Å². The fourth-order valence-electron chi connectivity index (χ4n) is 1.84. The van der Waals surface area contributed by atoms with E-state index in [0.717, 1.165) is 0 Å². The van der Waals surface area contributed by atoms with Crippen molar-refractivity contribution < 1.29 is 4.79 Å². The van der Waals surface area contributed by atoms with Gasteiger partial charge in [0.1, 0.15) is 4.83 Å². The summed E-state index contributed by atoms with van der Waals surface area (Å²) in [5.74, 6) is -0.0261. The molecule has 112 valence electrons. The fraction of sp³-hybridized carbons (Fsp3) is 0.0714. The van der Waals surface area contributed by atoms with Crippen molar-refractivity contribution in [1.82, 2.24) is 9.97 Å². The Morgan fingerprint density at radius 3 is 2.91 bits per heavy atom. The lowest BCUT2D eigenvalue weighted by Gasteiger charge is -2.04. The predicted octanol–water partition coefficient (Wildman–Crippen LogP) is 4.27. The smallest absolute Gasteiger partial charge is 0.260 e. The van der Waals surface area contributed by atoms with Gasteiger partial charge in [-0.2, -0.15) is 0 Å². The van der Waals surface area contributed by atoms with E-state index in [1.54, 1.807) is 23.6 Å². The lowest BCUT2D eigenvalue weighted by Crippen LogP contribution is -2.09. The Hall–Kier alpha value is -1.34. The molecular weight excluding hydrogens is 363 g/mol. The molecule has 2 heterocycles. The molecule has 3 rings (SSSR count). The van der Waals surface area contributed by atoms with Crippen molar-refractivity contribution >= 4 is 62.3 Å². The second-order valence-electron chi connectivity index (χ2n) is 4.35. The minimum atomic E-state index is -0.203. The van der Waals surface area contributed by atoms with E-state index >= 15 is 0 Å². The number of hydrogen-bond acceptors (Lipinski definition) is 5. The van der Waals surface area contributed by atoms with Crippen molar-refractivity contribution in [2.45, 2.75) is 5.16 Å². The molecule has 0 aliphatic rings. The summed E-state index contributed by atoms with van der Waals surface area (Å²) in [7, 11) is 0. The molecule has 0 fully saturated rings. The van der Waals surface area contributed by atoms with Crippen LogP contribution < -0.4 is 5.56 Å². The number of nitrogens with one attached hydrogen (secondary N) is 1. The molecule has 3 aromatic rings. The average molecular weight is 371 g/mol. The Bertz CT molecular complexity index is 921. The van der Waals surface area contributed by atoms with E-state index in [4.69, 9.17) is 23.2 Å². The maximum atomic E-state index is 12.2. The lowest BCUT2D eigenvalue weighted by atomic mass is 10.1. The molecule has 22 heavy (non-hydrogen) atoms. The first-order valence-electron chi connectivity index (χ1n) is 6.13. The van der Waals surface area contributed by atoms with Crippen LogP contribution in [-0.2, 0) is 0 Å². The SMILES string of the molecule is O=C(CSc1nc2sccc2c(=O)[nH]1)c1ccc(Cl)cc1Cl. The van der Waals surface area contributed by atoms with Gasteiger partial charge in [0, 0.05) is 10.6 Å². The van der Waals surface area contributed by atoms with Crippen LogP contribution >= 0.6 is 46.3 Å². The molecule has 8 heteroatoms. The van der Waals surface area contributed by atoms with Crippen LogP contribution in [-0.4, -0.2) is 21.5 Å². The van der Waals surface area contributed by atoms with Crippen LogP contribution in [0.15, 0.2) is 39.6 Å². The summed E-state index contributed by atoms with van der Waals surface area (Å²) in [5.41, 5.74) is 0.198. The molecule has 4 nitrogen and oxygen atoms in total. The molecule has 1 N–H and O–H groups in total. The Morgan fingerprint density at radius 2 is 2.14 bits per heavy atom. The van der Waals surface area contributed by atoms with Gasteiger partial charge in [0.15, 0.2) is 10.9 Å². The van der Waals surface area contributed by atoms with Crippen LogP contribution in [0.2, 0.25) is 10.0 Å². The summed E-state index contributed by atoms with van der Waals surface area (Å²) in [6.45, 7) is 0. The minimum Gasteiger partial charge on any atom is -0.301 e. The third kappa shape index (κ3) is 3.20. The number of aromatic nitrogens is 2. The van der Waals surface area contributed by atoms with Gasteiger partial charge >= 0.3 is 0 Å². The third-order valence-electron chi connectivity index (χ3n) is 2.88. The van der Waals surface area contributed by atoms with E-state index in [1.807, 2.05) is 0 Å². The van der Waals surface area contributed by atoms with Gasteiger partial charge in [0.2, 0.25) is 0 Å². The van der Waals surface area contributed by atoms with E-state index in [1.165, 1.54) is 29.2 Å². The Labute approximate surface area is 143 Å². The number of thioether (sulfide) groups is 1. The highest BCUT2D eigenvalue weighted by Crippen LogP contribution is 2.24. The molecule has 0 saturated heterocycles. The second-order valence-corrected chi connectivity index (χ2v) is 7.05. The summed E-state index contributed by atoms with van der Waals surface area (Å²) in [4.78, 5) is 31.7. The third-order valence-corrected chi connectivity index (χ3v) is 5.11. The zero-order chi connectivity index (χ0) is 15.7. The van der Waals surface area contributed by atoms with E-state index in [9.17, 15) is 9.59 Å². The molecule has 0 radical (unpaired) electrons. The van der Waals surface area contributed by atoms with E-state index in [0.29, 0.717) is 31.0 Å². The van der Waals surface area contributed by atoms with Crippen molar-refractivity contribution in [3.05, 3.63) is 55.6 Å². The largest absolute Gasteiger partial charge is 0.301 e. The number of rotatable bonds is 4. The molecule has 0 unspecified atom stereocenters. The van der Waals surface area contributed by atoms with Gasteiger partial charge in [0.25, 0.3) is 5.56 Å². The standard InChI is InChI=1S/C14H8Cl2N2O2S2/c15-7-1-2-8(10(16)5-7)11(19)6-22-14-17-12(20)9-3-4-21-13(9)18-14/h1-5H,6H2,(H,17,18,20). The fourth-order valence-corrected chi connectivity index (χ4v) is 3.92. The normalized spacial score (nSPS) is 11.0. The van der Waals surface area contributed by atoms with Gasteiger partial charge in [-0.25, -0.2) is 4.98 Å². The number of thiophene rings is 1. The first-order valence-corrected chi connectivity index (χ1v) is 8.75. The summed E-state index contributed by atoms with van der Waals surface area (Å²) < 4.78 is 0. The van der Waals surface area contributed by atoms with E-state index in [2.05, 4.69) is 9.97 Å². The number of carbonyl (C=O) groups is 1. The zero-order valence-corrected chi connectivity index (χ0v) is 14.1. The van der Waals surface area contributed by atoms with Crippen LogP contribution in [0.5, 0.6) is 0 Å². The van der Waals surface area contributed by atoms with Crippen LogP contribution in [0, 0.1) is 0 Å². The van der Waals surface area contributed by atoms with Crippen LogP contribution in [0.3, 0.4) is 0 Å². The first-order chi connectivity index (χ1) is 10.5. The van der Waals surface area contributed by atoms with Gasteiger partial charge in [-0.3, -0.25) is 9.59 Å². The topological polar surface area (TPSA) is 62.8 Å². The van der Waals surface area contributed by atoms with Crippen molar-refractivity contribution in [2.24, 2.45) is 0 Å². The highest BCUT2D eigenvalue weighted by atomic mass is 35.5. The van der Waals surface area contributed by atoms with Crippen LogP contribution in [0.4, 0.5) is 0 Å². The summed E-state index contributed by atoms with van der Waals surface area (Å²) >= 11 is 14.4. The summed E-state index contributed by atoms with van der Waals surface area (Å²) in [6.07, 6.45) is 0. The minimum absolute atomic E-state index is 0.126. The molecule has 1 aromatic carbocycles. The second kappa shape index (κ2) is 6.42. The van der Waals surface area contributed by atoms with Gasteiger partial charge in [-0.1, -0.05) is 35.0 Å². The number of H-pyrrole nitrogens is 1. The summed E-state index contributed by atoms with van der Waals surface area (Å²) in [6, 6.07) is 6.45. The summed E-state index contributed by atoms with van der Waals surface area (Å²) in [5, 5.41) is 3.57. The van der Waals surface area contributed by atoms with E-state index in [-0.39, 0.29) is 17.1 Å². The number of ketones is 1. The number of carbonyl (C=O) groups excluding carboxylic acids is 1. The first kappa shape index (κ1) is 15.6. The molecule has 0 aliphatic carbocycles. The number of benzene rings is 1. The maximum Gasteiger partial charge on any atom is 0.260 e. The zero-order valence-electron chi connectivity index (χ0n) is 10.9. The van der Waals surface area contributed by atoms with Gasteiger partial charge in [-0.15, -0.1) is 11.3 Å². The van der Waals surface area contributed by atoms with Gasteiger partial charge in [-0.05, 0) is 29.6 Å². The monoisotopic (exact) mass is 370 g/mol. The predicted molar refractivity (Wildman–Crippen MR) is 91.8 cm³/mol. The molecule has 0 spiro atoms. The number of aromatic amines is 1. The molecule has 0 atom stereocenters. The molecular formula is C14H8Cl2N2O2S2. The van der Waals surface area contributed by atoms with Gasteiger partial charge in [0.05, 0.1) is 16.2 Å². The number of halogens is 2. The quantitative estimate of drug-likeness (QED) is 0.423. The molecule has 0 aliphatic heterocycles. The lowest BCUT2D eigenvalue weighted by molar-refractivity contribution is 0.102. The van der Waals surface area contributed by atoms with Crippen molar-refractivity contribution in [3.8, 4) is 0 Å². The van der Waals surface area contributed by atoms with Crippen LogP contribution in [0.1, 0.15) is 10.4 Å².